The lowest BCUT2D eigenvalue weighted by molar-refractivity contribution is -0.122. The number of carbonyl (C=O) groups is 1. The molecule has 6 nitrogen and oxygen atoms in total. The minimum Gasteiger partial charge on any atom is -0.387 e. The van der Waals surface area contributed by atoms with Crippen molar-refractivity contribution in [1.29, 1.82) is 0 Å². The number of amides is 1. The molecule has 0 aromatic rings. The maximum absolute atomic E-state index is 12.4. The Morgan fingerprint density at radius 3 is 1.49 bits per heavy atom. The molecule has 276 valence electrons. The Labute approximate surface area is 300 Å². The monoisotopic (exact) mass is 697 g/mol. The fourth-order valence-corrected chi connectivity index (χ4v) is 5.41. The first-order valence-electron chi connectivity index (χ1n) is 18.6. The van der Waals surface area contributed by atoms with Crippen molar-refractivity contribution in [3.63, 3.8) is 0 Å². The van der Waals surface area contributed by atoms with Crippen molar-refractivity contribution in [3.05, 3.63) is 109 Å². The summed E-state index contributed by atoms with van der Waals surface area (Å²) >= 11 is 0. The summed E-state index contributed by atoms with van der Waals surface area (Å²) in [6.07, 6.45) is 53.6. The first-order chi connectivity index (χ1) is 23.8. The van der Waals surface area contributed by atoms with Crippen LogP contribution in [0.25, 0.3) is 0 Å². The maximum Gasteiger partial charge on any atom is 0.267 e. The Hall–Kier alpha value is -3.00. The van der Waals surface area contributed by atoms with Crippen LogP contribution in [-0.2, 0) is 14.9 Å². The van der Waals surface area contributed by atoms with E-state index in [1.54, 1.807) is 6.08 Å². The molecule has 0 saturated heterocycles. The van der Waals surface area contributed by atoms with Gasteiger partial charge in [-0.3, -0.25) is 9.35 Å². The quantitative estimate of drug-likeness (QED) is 0.0380. The van der Waals surface area contributed by atoms with Gasteiger partial charge in [0, 0.05) is 6.42 Å². The molecule has 0 radical (unpaired) electrons. The van der Waals surface area contributed by atoms with E-state index in [0.29, 0.717) is 12.8 Å². The highest BCUT2D eigenvalue weighted by Crippen LogP contribution is 2.07. The van der Waals surface area contributed by atoms with Gasteiger partial charge in [0.05, 0.1) is 17.9 Å². The van der Waals surface area contributed by atoms with Crippen molar-refractivity contribution in [2.75, 3.05) is 5.75 Å². The van der Waals surface area contributed by atoms with Gasteiger partial charge in [-0.1, -0.05) is 149 Å². The van der Waals surface area contributed by atoms with Crippen molar-refractivity contribution < 1.29 is 22.9 Å². The van der Waals surface area contributed by atoms with Crippen molar-refractivity contribution in [2.45, 2.75) is 142 Å². The molecule has 0 rings (SSSR count). The molecule has 7 heteroatoms. The number of aliphatic hydroxyl groups is 1. The molecule has 0 spiro atoms. The van der Waals surface area contributed by atoms with Crippen LogP contribution in [0.3, 0.4) is 0 Å². The second kappa shape index (κ2) is 34.8. The Morgan fingerprint density at radius 1 is 0.571 bits per heavy atom. The molecule has 0 fully saturated rings. The second-order valence-electron chi connectivity index (χ2n) is 12.1. The Morgan fingerprint density at radius 2 is 1.00 bits per heavy atom. The number of nitrogens with one attached hydrogen (secondary N) is 1. The fraction of sp³-hybridized carbons (Fsp3) is 0.548. The summed E-state index contributed by atoms with van der Waals surface area (Å²) in [7, 11) is -4.39. The standard InChI is InChI=1S/C42H67NO5S/c1-3-5-7-9-11-13-15-17-19-20-21-22-24-26-28-30-32-34-36-38-42(45)43-40(39-49(46,47)48)41(44)37-35-33-31-29-27-25-23-18-16-14-12-10-8-6-4-2/h5,7,11,13,16-19,21-22,26-29,32,34-35,37,40-41,44H,3-4,6,8-10,12,14-15,20,23-25,30-31,33,36,38-39H2,1-2H3,(H,43,45)(H,46,47,48)/b7-5-,13-11-,18-16+,19-17-,22-21-,28-26-,29-27+,34-32-,37-35+. The summed E-state index contributed by atoms with van der Waals surface area (Å²) < 4.78 is 32.4. The van der Waals surface area contributed by atoms with E-state index in [-0.39, 0.29) is 12.3 Å². The van der Waals surface area contributed by atoms with Crippen LogP contribution in [0.15, 0.2) is 109 Å². The van der Waals surface area contributed by atoms with Crippen LogP contribution in [0.4, 0.5) is 0 Å². The Bertz CT molecular complexity index is 1170. The van der Waals surface area contributed by atoms with Gasteiger partial charge < -0.3 is 10.4 Å². The summed E-state index contributed by atoms with van der Waals surface area (Å²) in [6, 6.07) is -1.13. The second-order valence-corrected chi connectivity index (χ2v) is 13.6. The van der Waals surface area contributed by atoms with Crippen molar-refractivity contribution in [2.24, 2.45) is 0 Å². The van der Waals surface area contributed by atoms with E-state index in [0.717, 1.165) is 64.2 Å². The highest BCUT2D eigenvalue weighted by atomic mass is 32.2. The molecular weight excluding hydrogens is 631 g/mol. The number of rotatable bonds is 31. The van der Waals surface area contributed by atoms with Crippen LogP contribution in [0, 0.1) is 0 Å². The Balaban J connectivity index is 4.24. The van der Waals surface area contributed by atoms with E-state index < -0.39 is 28.0 Å². The third-order valence-electron chi connectivity index (χ3n) is 7.42. The molecule has 0 aliphatic rings. The first kappa shape index (κ1) is 46.0. The van der Waals surface area contributed by atoms with Gasteiger partial charge in [0.25, 0.3) is 10.1 Å². The third-order valence-corrected chi connectivity index (χ3v) is 8.20. The summed E-state index contributed by atoms with van der Waals surface area (Å²) in [6.45, 7) is 4.37. The lowest BCUT2D eigenvalue weighted by atomic mass is 10.1. The molecule has 0 heterocycles. The number of aliphatic hydroxyl groups excluding tert-OH is 1. The van der Waals surface area contributed by atoms with Gasteiger partial charge in [0.2, 0.25) is 5.91 Å². The van der Waals surface area contributed by atoms with Crippen LogP contribution in [0.2, 0.25) is 0 Å². The number of allylic oxidation sites excluding steroid dienone is 17. The lowest BCUT2D eigenvalue weighted by Gasteiger charge is -2.20. The topological polar surface area (TPSA) is 104 Å². The molecule has 0 saturated carbocycles. The fourth-order valence-electron chi connectivity index (χ4n) is 4.68. The van der Waals surface area contributed by atoms with Crippen molar-refractivity contribution in [1.82, 2.24) is 5.32 Å². The van der Waals surface area contributed by atoms with Crippen LogP contribution in [0.5, 0.6) is 0 Å². The Kier molecular flexibility index (Phi) is 32.7. The number of carbonyl (C=O) groups excluding carboxylic acids is 1. The molecule has 49 heavy (non-hydrogen) atoms. The summed E-state index contributed by atoms with van der Waals surface area (Å²) in [5.74, 6) is -1.13. The number of hydrogen-bond donors (Lipinski definition) is 3. The average molecular weight is 698 g/mol. The van der Waals surface area contributed by atoms with Gasteiger partial charge in [0.15, 0.2) is 0 Å². The molecule has 0 aromatic heterocycles. The highest BCUT2D eigenvalue weighted by molar-refractivity contribution is 7.85. The lowest BCUT2D eigenvalue weighted by Crippen LogP contribution is -2.46. The van der Waals surface area contributed by atoms with E-state index in [1.165, 1.54) is 38.2 Å². The molecule has 0 aliphatic carbocycles. The third kappa shape index (κ3) is 36.1. The molecular formula is C42H67NO5S. The highest BCUT2D eigenvalue weighted by Gasteiger charge is 2.24. The van der Waals surface area contributed by atoms with Gasteiger partial charge in [0.1, 0.15) is 0 Å². The zero-order valence-corrected chi connectivity index (χ0v) is 31.3. The van der Waals surface area contributed by atoms with Crippen LogP contribution >= 0.6 is 0 Å². The van der Waals surface area contributed by atoms with E-state index in [4.69, 9.17) is 0 Å². The van der Waals surface area contributed by atoms with Gasteiger partial charge in [-0.25, -0.2) is 0 Å². The maximum atomic E-state index is 12.4. The van der Waals surface area contributed by atoms with E-state index in [2.05, 4.69) is 104 Å². The average Bonchev–Trinajstić information content (AvgIpc) is 3.06. The molecule has 2 unspecified atom stereocenters. The van der Waals surface area contributed by atoms with Crippen molar-refractivity contribution >= 4 is 16.0 Å². The summed E-state index contributed by atoms with van der Waals surface area (Å²) in [5.41, 5.74) is 0. The van der Waals surface area contributed by atoms with Crippen LogP contribution in [0.1, 0.15) is 129 Å². The predicted molar refractivity (Wildman–Crippen MR) is 211 cm³/mol. The molecule has 1 amide bonds. The van der Waals surface area contributed by atoms with Gasteiger partial charge in [-0.15, -0.1) is 0 Å². The molecule has 3 N–H and O–H groups in total. The smallest absolute Gasteiger partial charge is 0.267 e. The molecule has 0 aliphatic heterocycles. The van der Waals surface area contributed by atoms with E-state index >= 15 is 0 Å². The van der Waals surface area contributed by atoms with Gasteiger partial charge in [-0.2, -0.15) is 8.42 Å². The van der Waals surface area contributed by atoms with E-state index in [1.807, 2.05) is 12.2 Å². The molecule has 2 atom stereocenters. The number of unbranched alkanes of at least 4 members (excludes halogenated alkanes) is 7. The number of hydrogen-bond acceptors (Lipinski definition) is 4. The minimum atomic E-state index is -4.39. The zero-order valence-electron chi connectivity index (χ0n) is 30.5. The van der Waals surface area contributed by atoms with Gasteiger partial charge in [-0.05, 0) is 83.5 Å². The van der Waals surface area contributed by atoms with E-state index in [9.17, 15) is 22.9 Å². The first-order valence-corrected chi connectivity index (χ1v) is 20.2. The molecule has 0 aromatic carbocycles. The largest absolute Gasteiger partial charge is 0.387 e. The predicted octanol–water partition coefficient (Wildman–Crippen LogP) is 10.8. The van der Waals surface area contributed by atoms with Crippen LogP contribution < -0.4 is 5.32 Å². The normalized spacial score (nSPS) is 14.6. The minimum absolute atomic E-state index is 0.152. The zero-order chi connectivity index (χ0) is 36.1. The van der Waals surface area contributed by atoms with Crippen LogP contribution in [-0.4, -0.2) is 41.9 Å². The van der Waals surface area contributed by atoms with Crippen molar-refractivity contribution in [3.8, 4) is 0 Å². The molecule has 0 bridgehead atoms. The SMILES string of the molecule is CC/C=C\C/C=C\C/C=C\C/C=C\C/C=C\C/C=C\CCC(=O)NC(CS(=O)(=O)O)C(O)/C=C/CC/C=C/CC/C=C/CCCCCCC. The summed E-state index contributed by atoms with van der Waals surface area (Å²) in [5, 5.41) is 13.1. The van der Waals surface area contributed by atoms with Gasteiger partial charge >= 0.3 is 0 Å². The summed E-state index contributed by atoms with van der Waals surface area (Å²) in [4.78, 5) is 12.4.